The topological polar surface area (TPSA) is 54.0 Å². The van der Waals surface area contributed by atoms with Crippen molar-refractivity contribution in [3.63, 3.8) is 0 Å². The number of nitrogens with one attached hydrogen (secondary N) is 2. The van der Waals surface area contributed by atoms with Crippen molar-refractivity contribution in [3.8, 4) is 0 Å². The number of rotatable bonds is 2. The molecule has 2 N–H and O–H groups in total. The minimum atomic E-state index is -0.609. The first-order valence-electron chi connectivity index (χ1n) is 6.49. The van der Waals surface area contributed by atoms with Crippen LogP contribution in [0.15, 0.2) is 36.4 Å². The van der Waals surface area contributed by atoms with Crippen LogP contribution in [0.5, 0.6) is 0 Å². The van der Waals surface area contributed by atoms with Gasteiger partial charge in [0.1, 0.15) is 5.82 Å². The van der Waals surface area contributed by atoms with E-state index < -0.39 is 5.95 Å². The van der Waals surface area contributed by atoms with Crippen LogP contribution in [0, 0.1) is 5.95 Å². The Hall–Kier alpha value is -2.27. The molecule has 0 atom stereocenters. The lowest BCUT2D eigenvalue weighted by molar-refractivity contribution is 0.102. The molecule has 0 radical (unpaired) electrons. The second-order valence-electron chi connectivity index (χ2n) is 4.67. The second-order valence-corrected chi connectivity index (χ2v) is 4.67. The molecule has 20 heavy (non-hydrogen) atoms. The Morgan fingerprint density at radius 3 is 2.95 bits per heavy atom. The second kappa shape index (κ2) is 5.38. The molecule has 0 unspecified atom stereocenters. The van der Waals surface area contributed by atoms with Gasteiger partial charge in [-0.3, -0.25) is 4.79 Å². The van der Waals surface area contributed by atoms with Crippen LogP contribution in [0.2, 0.25) is 0 Å². The van der Waals surface area contributed by atoms with E-state index in [4.69, 9.17) is 0 Å². The summed E-state index contributed by atoms with van der Waals surface area (Å²) in [5.41, 5.74) is 2.83. The van der Waals surface area contributed by atoms with E-state index in [9.17, 15) is 9.18 Å². The highest BCUT2D eigenvalue weighted by Crippen LogP contribution is 2.19. The summed E-state index contributed by atoms with van der Waals surface area (Å²) >= 11 is 0. The fraction of sp³-hybridized carbons (Fsp3) is 0.200. The predicted molar refractivity (Wildman–Crippen MR) is 74.0 cm³/mol. The predicted octanol–water partition coefficient (Wildman–Crippen LogP) is 2.12. The number of anilines is 1. The van der Waals surface area contributed by atoms with Crippen molar-refractivity contribution in [2.24, 2.45) is 0 Å². The van der Waals surface area contributed by atoms with Crippen molar-refractivity contribution in [1.82, 2.24) is 10.3 Å². The van der Waals surface area contributed by atoms with Crippen LogP contribution in [-0.2, 0) is 13.0 Å². The maximum absolute atomic E-state index is 13.0. The van der Waals surface area contributed by atoms with Gasteiger partial charge in [0.15, 0.2) is 0 Å². The Morgan fingerprint density at radius 2 is 2.10 bits per heavy atom. The molecule has 2 aromatic rings. The number of aromatic nitrogens is 1. The van der Waals surface area contributed by atoms with E-state index in [1.807, 2.05) is 12.1 Å². The smallest absolute Gasteiger partial charge is 0.257 e. The molecule has 0 bridgehead atoms. The third-order valence-corrected chi connectivity index (χ3v) is 3.34. The summed E-state index contributed by atoms with van der Waals surface area (Å²) < 4.78 is 13.0. The van der Waals surface area contributed by atoms with Gasteiger partial charge in [0.2, 0.25) is 5.95 Å². The zero-order valence-electron chi connectivity index (χ0n) is 10.8. The third kappa shape index (κ3) is 2.53. The largest absolute Gasteiger partial charge is 0.312 e. The molecule has 102 valence electrons. The SMILES string of the molecule is O=C(Nc1cccc(F)n1)c1cccc2c1CCNC2. The Labute approximate surface area is 116 Å². The Kier molecular flexibility index (Phi) is 3.43. The van der Waals surface area contributed by atoms with Crippen molar-refractivity contribution < 1.29 is 9.18 Å². The highest BCUT2D eigenvalue weighted by molar-refractivity contribution is 6.05. The Bertz CT molecular complexity index is 657. The van der Waals surface area contributed by atoms with E-state index in [2.05, 4.69) is 15.6 Å². The van der Waals surface area contributed by atoms with Crippen molar-refractivity contribution in [1.29, 1.82) is 0 Å². The lowest BCUT2D eigenvalue weighted by Crippen LogP contribution is -2.26. The van der Waals surface area contributed by atoms with Crippen molar-refractivity contribution in [3.05, 3.63) is 59.0 Å². The molecule has 0 saturated heterocycles. The normalized spacial score (nSPS) is 13.7. The van der Waals surface area contributed by atoms with Gasteiger partial charge in [-0.25, -0.2) is 4.98 Å². The highest BCUT2D eigenvalue weighted by atomic mass is 19.1. The lowest BCUT2D eigenvalue weighted by atomic mass is 9.95. The van der Waals surface area contributed by atoms with Crippen LogP contribution in [0.3, 0.4) is 0 Å². The summed E-state index contributed by atoms with van der Waals surface area (Å²) in [4.78, 5) is 15.9. The van der Waals surface area contributed by atoms with E-state index >= 15 is 0 Å². The van der Waals surface area contributed by atoms with Crippen LogP contribution in [0.1, 0.15) is 21.5 Å². The van der Waals surface area contributed by atoms with Gasteiger partial charge in [0.05, 0.1) is 0 Å². The zero-order valence-corrected chi connectivity index (χ0v) is 10.8. The molecular weight excluding hydrogens is 257 g/mol. The number of carbonyl (C=O) groups is 1. The van der Waals surface area contributed by atoms with E-state index in [0.29, 0.717) is 5.56 Å². The fourth-order valence-electron chi connectivity index (χ4n) is 2.41. The van der Waals surface area contributed by atoms with Gasteiger partial charge in [0.25, 0.3) is 5.91 Å². The first-order valence-corrected chi connectivity index (χ1v) is 6.49. The van der Waals surface area contributed by atoms with Gasteiger partial charge >= 0.3 is 0 Å². The summed E-state index contributed by atoms with van der Waals surface area (Å²) in [5, 5.41) is 5.91. The monoisotopic (exact) mass is 271 g/mol. The summed E-state index contributed by atoms with van der Waals surface area (Å²) in [6.07, 6.45) is 0.815. The lowest BCUT2D eigenvalue weighted by Gasteiger charge is -2.19. The van der Waals surface area contributed by atoms with Crippen LogP contribution in [0.4, 0.5) is 10.2 Å². The molecule has 4 nitrogen and oxygen atoms in total. The summed E-state index contributed by atoms with van der Waals surface area (Å²) in [7, 11) is 0. The van der Waals surface area contributed by atoms with Gasteiger partial charge in [-0.2, -0.15) is 4.39 Å². The summed E-state index contributed by atoms with van der Waals surface area (Å²) in [5.74, 6) is -0.634. The molecule has 2 heterocycles. The molecule has 1 aliphatic heterocycles. The quantitative estimate of drug-likeness (QED) is 0.823. The van der Waals surface area contributed by atoms with Gasteiger partial charge < -0.3 is 10.6 Å². The average molecular weight is 271 g/mol. The van der Waals surface area contributed by atoms with Gasteiger partial charge in [-0.15, -0.1) is 0 Å². The van der Waals surface area contributed by atoms with E-state index in [0.717, 1.165) is 30.6 Å². The van der Waals surface area contributed by atoms with Crippen molar-refractivity contribution >= 4 is 11.7 Å². The Balaban J connectivity index is 1.88. The van der Waals surface area contributed by atoms with Gasteiger partial charge in [-0.05, 0) is 42.3 Å². The fourth-order valence-corrected chi connectivity index (χ4v) is 2.41. The van der Waals surface area contributed by atoms with Crippen LogP contribution >= 0.6 is 0 Å². The van der Waals surface area contributed by atoms with E-state index in [1.54, 1.807) is 12.1 Å². The number of pyridine rings is 1. The number of halogens is 1. The molecular formula is C15H14FN3O. The van der Waals surface area contributed by atoms with E-state index in [1.165, 1.54) is 12.1 Å². The first-order chi connectivity index (χ1) is 9.74. The maximum atomic E-state index is 13.0. The minimum absolute atomic E-state index is 0.224. The summed E-state index contributed by atoms with van der Waals surface area (Å²) in [6.45, 7) is 1.63. The molecule has 0 saturated carbocycles. The van der Waals surface area contributed by atoms with Crippen molar-refractivity contribution in [2.75, 3.05) is 11.9 Å². The molecule has 3 rings (SSSR count). The number of benzene rings is 1. The molecule has 0 spiro atoms. The number of carbonyl (C=O) groups excluding carboxylic acids is 1. The number of hydrogen-bond acceptors (Lipinski definition) is 3. The highest BCUT2D eigenvalue weighted by Gasteiger charge is 2.17. The summed E-state index contributed by atoms with van der Waals surface area (Å²) in [6, 6.07) is 9.99. The Morgan fingerprint density at radius 1 is 1.25 bits per heavy atom. The molecule has 1 amide bonds. The van der Waals surface area contributed by atoms with Gasteiger partial charge in [-0.1, -0.05) is 18.2 Å². The van der Waals surface area contributed by atoms with Crippen LogP contribution < -0.4 is 10.6 Å². The molecule has 5 heteroatoms. The number of hydrogen-bond donors (Lipinski definition) is 2. The van der Waals surface area contributed by atoms with E-state index in [-0.39, 0.29) is 11.7 Å². The average Bonchev–Trinajstić information content (AvgIpc) is 2.46. The zero-order chi connectivity index (χ0) is 13.9. The van der Waals surface area contributed by atoms with Crippen LogP contribution in [-0.4, -0.2) is 17.4 Å². The van der Waals surface area contributed by atoms with Crippen LogP contribution in [0.25, 0.3) is 0 Å². The molecule has 0 aliphatic carbocycles. The number of fused-ring (bicyclic) bond motifs is 1. The standard InChI is InChI=1S/C15H14FN3O/c16-13-5-2-6-14(18-13)19-15(20)12-4-1-3-10-9-17-8-7-11(10)12/h1-6,17H,7-9H2,(H,18,19,20). The van der Waals surface area contributed by atoms with Gasteiger partial charge in [0, 0.05) is 12.1 Å². The molecule has 0 fully saturated rings. The molecule has 1 aromatic carbocycles. The number of nitrogens with zero attached hydrogens (tertiary/aromatic N) is 1. The van der Waals surface area contributed by atoms with Crippen molar-refractivity contribution in [2.45, 2.75) is 13.0 Å². The maximum Gasteiger partial charge on any atom is 0.257 e. The third-order valence-electron chi connectivity index (χ3n) is 3.34. The molecule has 1 aromatic heterocycles. The minimum Gasteiger partial charge on any atom is -0.312 e. The number of amides is 1. The first kappa shape index (κ1) is 12.7. The molecule has 1 aliphatic rings.